The van der Waals surface area contributed by atoms with Gasteiger partial charge in [-0.15, -0.1) is 0 Å². The Morgan fingerprint density at radius 1 is 1.27 bits per heavy atom. The van der Waals surface area contributed by atoms with Crippen LogP contribution in [0.3, 0.4) is 0 Å². The quantitative estimate of drug-likeness (QED) is 0.587. The summed E-state index contributed by atoms with van der Waals surface area (Å²) in [6.45, 7) is 1.60. The zero-order chi connectivity index (χ0) is 11.3. The first-order chi connectivity index (χ1) is 7.06. The number of hydrogen-bond donors (Lipinski definition) is 1. The van der Waals surface area contributed by atoms with Gasteiger partial charge >= 0.3 is 11.9 Å². The molecular formula is C10H16O4S. The van der Waals surface area contributed by atoms with Crippen LogP contribution in [0.1, 0.15) is 32.6 Å². The first-order valence-electron chi connectivity index (χ1n) is 5.04. The number of carbonyl (C=O) groups excluding carboxylic acids is 2. The van der Waals surface area contributed by atoms with Gasteiger partial charge in [-0.05, 0) is 32.6 Å². The van der Waals surface area contributed by atoms with Gasteiger partial charge < -0.3 is 9.47 Å². The average molecular weight is 232 g/mol. The number of esters is 2. The summed E-state index contributed by atoms with van der Waals surface area (Å²) in [6.07, 6.45) is 3.94. The zero-order valence-electron chi connectivity index (χ0n) is 8.82. The first-order valence-corrected chi connectivity index (χ1v) is 5.67. The SMILES string of the molecule is CC1(OC(=O)COC(=O)CS)CCCC1. The second-order valence-corrected chi connectivity index (χ2v) is 4.27. The van der Waals surface area contributed by atoms with Crippen LogP contribution in [0, 0.1) is 0 Å². The lowest BCUT2D eigenvalue weighted by Crippen LogP contribution is -2.30. The molecule has 1 saturated carbocycles. The van der Waals surface area contributed by atoms with Gasteiger partial charge in [0, 0.05) is 0 Å². The van der Waals surface area contributed by atoms with Gasteiger partial charge in [-0.2, -0.15) is 12.6 Å². The molecule has 0 aromatic heterocycles. The van der Waals surface area contributed by atoms with Crippen molar-refractivity contribution in [2.24, 2.45) is 0 Å². The van der Waals surface area contributed by atoms with Gasteiger partial charge in [0.1, 0.15) is 5.60 Å². The Kier molecular flexibility index (Phi) is 4.45. The van der Waals surface area contributed by atoms with Gasteiger partial charge in [0.05, 0.1) is 5.75 Å². The summed E-state index contributed by atoms with van der Waals surface area (Å²) in [4.78, 5) is 22.0. The fourth-order valence-electron chi connectivity index (χ4n) is 1.71. The maximum atomic E-state index is 11.3. The lowest BCUT2D eigenvalue weighted by atomic mass is 10.1. The van der Waals surface area contributed by atoms with E-state index in [0.29, 0.717) is 0 Å². The summed E-state index contributed by atoms with van der Waals surface area (Å²) >= 11 is 3.72. The molecule has 1 fully saturated rings. The van der Waals surface area contributed by atoms with Gasteiger partial charge in [0.15, 0.2) is 6.61 Å². The van der Waals surface area contributed by atoms with Crippen molar-refractivity contribution in [2.45, 2.75) is 38.2 Å². The molecule has 86 valence electrons. The van der Waals surface area contributed by atoms with E-state index >= 15 is 0 Å². The van der Waals surface area contributed by atoms with E-state index < -0.39 is 11.9 Å². The largest absolute Gasteiger partial charge is 0.457 e. The molecule has 0 aliphatic heterocycles. The van der Waals surface area contributed by atoms with Crippen LogP contribution in [-0.2, 0) is 19.1 Å². The monoisotopic (exact) mass is 232 g/mol. The topological polar surface area (TPSA) is 52.6 Å². The highest BCUT2D eigenvalue weighted by Crippen LogP contribution is 2.32. The van der Waals surface area contributed by atoms with Crippen LogP contribution in [0.2, 0.25) is 0 Å². The van der Waals surface area contributed by atoms with Gasteiger partial charge in [-0.25, -0.2) is 4.79 Å². The molecule has 1 aliphatic rings. The highest BCUT2D eigenvalue weighted by atomic mass is 32.1. The Labute approximate surface area is 94.7 Å². The Morgan fingerprint density at radius 2 is 1.87 bits per heavy atom. The van der Waals surface area contributed by atoms with Crippen molar-refractivity contribution in [3.8, 4) is 0 Å². The molecule has 15 heavy (non-hydrogen) atoms. The van der Waals surface area contributed by atoms with Crippen molar-refractivity contribution >= 4 is 24.6 Å². The van der Waals surface area contributed by atoms with Crippen molar-refractivity contribution in [1.82, 2.24) is 0 Å². The second kappa shape index (κ2) is 5.39. The van der Waals surface area contributed by atoms with E-state index in [9.17, 15) is 9.59 Å². The minimum Gasteiger partial charge on any atom is -0.457 e. The van der Waals surface area contributed by atoms with E-state index in [2.05, 4.69) is 17.4 Å². The molecule has 5 heteroatoms. The highest BCUT2D eigenvalue weighted by molar-refractivity contribution is 7.81. The van der Waals surface area contributed by atoms with Crippen LogP contribution in [0.15, 0.2) is 0 Å². The Hall–Kier alpha value is -0.710. The third-order valence-corrected chi connectivity index (χ3v) is 2.76. The first kappa shape index (κ1) is 12.4. The summed E-state index contributed by atoms with van der Waals surface area (Å²) in [5, 5.41) is 0. The minimum absolute atomic E-state index is 0.0233. The molecule has 0 unspecified atom stereocenters. The fraction of sp³-hybridized carbons (Fsp3) is 0.800. The van der Waals surface area contributed by atoms with Crippen molar-refractivity contribution < 1.29 is 19.1 Å². The van der Waals surface area contributed by atoms with Crippen LogP contribution >= 0.6 is 12.6 Å². The Bertz CT molecular complexity index is 246. The van der Waals surface area contributed by atoms with E-state index in [0.717, 1.165) is 25.7 Å². The van der Waals surface area contributed by atoms with Crippen molar-refractivity contribution in [2.75, 3.05) is 12.4 Å². The van der Waals surface area contributed by atoms with E-state index in [1.54, 1.807) is 0 Å². The molecule has 0 spiro atoms. The average Bonchev–Trinajstić information content (AvgIpc) is 2.61. The highest BCUT2D eigenvalue weighted by Gasteiger charge is 2.32. The molecule has 0 heterocycles. The number of carbonyl (C=O) groups is 2. The summed E-state index contributed by atoms with van der Waals surface area (Å²) in [7, 11) is 0. The van der Waals surface area contributed by atoms with Crippen LogP contribution in [-0.4, -0.2) is 29.9 Å². The lowest BCUT2D eigenvalue weighted by Gasteiger charge is -2.23. The van der Waals surface area contributed by atoms with E-state index in [-0.39, 0.29) is 18.0 Å². The maximum absolute atomic E-state index is 11.3. The molecule has 4 nitrogen and oxygen atoms in total. The molecule has 0 radical (unpaired) electrons. The van der Waals surface area contributed by atoms with E-state index in [4.69, 9.17) is 4.74 Å². The van der Waals surface area contributed by atoms with Gasteiger partial charge in [-0.3, -0.25) is 4.79 Å². The van der Waals surface area contributed by atoms with Crippen molar-refractivity contribution in [3.63, 3.8) is 0 Å². The van der Waals surface area contributed by atoms with Crippen LogP contribution in [0.4, 0.5) is 0 Å². The summed E-state index contributed by atoms with van der Waals surface area (Å²) in [5.74, 6) is -1.01. The van der Waals surface area contributed by atoms with Crippen LogP contribution in [0.25, 0.3) is 0 Å². The molecule has 0 N–H and O–H groups in total. The Balaban J connectivity index is 2.26. The Morgan fingerprint density at radius 3 is 2.40 bits per heavy atom. The van der Waals surface area contributed by atoms with Gasteiger partial charge in [-0.1, -0.05) is 0 Å². The summed E-state index contributed by atoms with van der Waals surface area (Å²) < 4.78 is 9.87. The molecule has 0 bridgehead atoms. The standard InChI is InChI=1S/C10H16O4S/c1-10(4-2-3-5-10)14-8(11)6-13-9(12)7-15/h15H,2-7H2,1H3. The summed E-state index contributed by atoms with van der Waals surface area (Å²) in [5.41, 5.74) is -0.357. The third kappa shape index (κ3) is 4.11. The van der Waals surface area contributed by atoms with Crippen LogP contribution in [0.5, 0.6) is 0 Å². The van der Waals surface area contributed by atoms with Gasteiger partial charge in [0.25, 0.3) is 0 Å². The van der Waals surface area contributed by atoms with Crippen molar-refractivity contribution in [3.05, 3.63) is 0 Å². The molecular weight excluding hydrogens is 216 g/mol. The molecule has 1 aliphatic carbocycles. The molecule has 0 aromatic rings. The third-order valence-electron chi connectivity index (χ3n) is 2.50. The molecule has 0 atom stereocenters. The normalized spacial score (nSPS) is 18.5. The number of hydrogen-bond acceptors (Lipinski definition) is 5. The number of thiol groups is 1. The molecule has 0 amide bonds. The number of ether oxygens (including phenoxy) is 2. The minimum atomic E-state index is -0.508. The second-order valence-electron chi connectivity index (χ2n) is 3.95. The molecule has 1 rings (SSSR count). The summed E-state index contributed by atoms with van der Waals surface area (Å²) in [6, 6.07) is 0. The fourth-order valence-corrected chi connectivity index (χ4v) is 1.81. The lowest BCUT2D eigenvalue weighted by molar-refractivity contribution is -0.167. The number of rotatable bonds is 4. The van der Waals surface area contributed by atoms with E-state index in [1.807, 2.05) is 6.92 Å². The predicted octanol–water partition coefficient (Wildman–Crippen LogP) is 1.34. The maximum Gasteiger partial charge on any atom is 0.344 e. The predicted molar refractivity (Wildman–Crippen MR) is 57.8 cm³/mol. The van der Waals surface area contributed by atoms with Crippen LogP contribution < -0.4 is 0 Å². The zero-order valence-corrected chi connectivity index (χ0v) is 9.72. The molecule has 0 saturated heterocycles. The van der Waals surface area contributed by atoms with Crippen molar-refractivity contribution in [1.29, 1.82) is 0 Å². The smallest absolute Gasteiger partial charge is 0.344 e. The molecule has 0 aromatic carbocycles. The van der Waals surface area contributed by atoms with E-state index in [1.165, 1.54) is 0 Å². The van der Waals surface area contributed by atoms with Gasteiger partial charge in [0.2, 0.25) is 0 Å².